The summed E-state index contributed by atoms with van der Waals surface area (Å²) in [6, 6.07) is 9.32. The predicted molar refractivity (Wildman–Crippen MR) is 146 cm³/mol. The Bertz CT molecular complexity index is 977. The van der Waals surface area contributed by atoms with Gasteiger partial charge in [0.05, 0.1) is 23.3 Å². The molecule has 2 rings (SSSR count). The van der Waals surface area contributed by atoms with E-state index in [-0.39, 0.29) is 16.7 Å². The lowest BCUT2D eigenvalue weighted by Crippen LogP contribution is -2.39. The molecular formula is C24H29BrCl4O6. The number of alkyl halides is 1. The molecule has 0 saturated carbocycles. The predicted octanol–water partition coefficient (Wildman–Crippen LogP) is 8.14. The summed E-state index contributed by atoms with van der Waals surface area (Å²) >= 11 is 25.9. The zero-order valence-electron chi connectivity index (χ0n) is 20.3. The van der Waals surface area contributed by atoms with E-state index in [0.717, 1.165) is 0 Å². The molecule has 196 valence electrons. The van der Waals surface area contributed by atoms with Crippen LogP contribution in [0.1, 0.15) is 41.5 Å². The smallest absolute Gasteiger partial charge is 0.349 e. The van der Waals surface area contributed by atoms with Crippen LogP contribution >= 0.6 is 62.3 Å². The molecule has 6 nitrogen and oxygen atoms in total. The zero-order chi connectivity index (χ0) is 27.4. The second-order valence-electron chi connectivity index (χ2n) is 7.70. The van der Waals surface area contributed by atoms with Gasteiger partial charge in [0, 0.05) is 10.0 Å². The number of ether oxygens (including phenoxy) is 3. The Morgan fingerprint density at radius 3 is 1.66 bits per heavy atom. The van der Waals surface area contributed by atoms with E-state index in [1.165, 1.54) is 12.1 Å². The Balaban J connectivity index is 0.000000543. The van der Waals surface area contributed by atoms with Crippen LogP contribution in [0.25, 0.3) is 0 Å². The zero-order valence-corrected chi connectivity index (χ0v) is 24.9. The second kappa shape index (κ2) is 15.7. The molecule has 2 aromatic carbocycles. The summed E-state index contributed by atoms with van der Waals surface area (Å²) in [4.78, 5) is 22.4. The van der Waals surface area contributed by atoms with Crippen LogP contribution in [0.4, 0.5) is 0 Å². The number of carbonyl (C=O) groups excluding carboxylic acids is 2. The molecule has 0 aliphatic heterocycles. The van der Waals surface area contributed by atoms with Gasteiger partial charge in [0.1, 0.15) is 15.8 Å². The third-order valence-electron chi connectivity index (χ3n) is 3.70. The van der Waals surface area contributed by atoms with Gasteiger partial charge in [0.15, 0.2) is 5.60 Å². The lowest BCUT2D eigenvalue weighted by atomic mass is 10.1. The molecule has 0 heterocycles. The van der Waals surface area contributed by atoms with Crippen LogP contribution in [0.3, 0.4) is 0 Å². The summed E-state index contributed by atoms with van der Waals surface area (Å²) in [5.41, 5.74) is -1.09. The monoisotopic (exact) mass is 632 g/mol. The Kier molecular flexibility index (Phi) is 15.1. The first-order valence-electron chi connectivity index (χ1n) is 10.4. The minimum Gasteiger partial charge on any atom is -0.506 e. The van der Waals surface area contributed by atoms with Crippen molar-refractivity contribution >= 4 is 74.3 Å². The molecule has 0 spiro atoms. The topological polar surface area (TPSA) is 82.1 Å². The van der Waals surface area contributed by atoms with Crippen molar-refractivity contribution in [2.75, 3.05) is 13.2 Å². The Morgan fingerprint density at radius 1 is 0.829 bits per heavy atom. The Hall–Kier alpha value is -1.38. The van der Waals surface area contributed by atoms with E-state index in [2.05, 4.69) is 15.9 Å². The van der Waals surface area contributed by atoms with E-state index in [4.69, 9.17) is 65.7 Å². The third-order valence-corrected chi connectivity index (χ3v) is 5.09. The fourth-order valence-corrected chi connectivity index (χ4v) is 2.93. The van der Waals surface area contributed by atoms with E-state index in [9.17, 15) is 9.59 Å². The molecule has 0 aliphatic rings. The molecule has 35 heavy (non-hydrogen) atoms. The van der Waals surface area contributed by atoms with Gasteiger partial charge in [-0.2, -0.15) is 0 Å². The lowest BCUT2D eigenvalue weighted by Gasteiger charge is -2.24. The van der Waals surface area contributed by atoms with Crippen molar-refractivity contribution in [2.24, 2.45) is 0 Å². The number of halogens is 5. The molecule has 0 radical (unpaired) electrons. The molecule has 2 aromatic rings. The maximum atomic E-state index is 11.6. The van der Waals surface area contributed by atoms with Gasteiger partial charge in [-0.25, -0.2) is 4.79 Å². The van der Waals surface area contributed by atoms with E-state index in [1.807, 2.05) is 0 Å². The van der Waals surface area contributed by atoms with Crippen molar-refractivity contribution in [3.63, 3.8) is 0 Å². The van der Waals surface area contributed by atoms with Gasteiger partial charge in [0.2, 0.25) is 0 Å². The molecule has 11 heteroatoms. The molecule has 0 aliphatic carbocycles. The van der Waals surface area contributed by atoms with Gasteiger partial charge in [-0.15, -0.1) is 0 Å². The molecule has 0 saturated heterocycles. The van der Waals surface area contributed by atoms with Crippen molar-refractivity contribution in [2.45, 2.75) is 51.5 Å². The number of phenolic OH excluding ortho intramolecular Hbond substituents is 1. The van der Waals surface area contributed by atoms with Crippen LogP contribution in [-0.2, 0) is 19.1 Å². The first kappa shape index (κ1) is 33.6. The fourth-order valence-electron chi connectivity index (χ4n) is 1.96. The fraction of sp³-hybridized carbons (Fsp3) is 0.417. The molecule has 0 fully saturated rings. The summed E-state index contributed by atoms with van der Waals surface area (Å²) in [6.45, 7) is 11.0. The number of hydrogen-bond acceptors (Lipinski definition) is 6. The van der Waals surface area contributed by atoms with Gasteiger partial charge < -0.3 is 19.3 Å². The van der Waals surface area contributed by atoms with Crippen LogP contribution in [-0.4, -0.2) is 40.2 Å². The van der Waals surface area contributed by atoms with Gasteiger partial charge in [-0.3, -0.25) is 4.79 Å². The lowest BCUT2D eigenvalue weighted by molar-refractivity contribution is -0.158. The van der Waals surface area contributed by atoms with Gasteiger partial charge in [-0.05, 0) is 77.9 Å². The summed E-state index contributed by atoms with van der Waals surface area (Å²) in [6.07, 6.45) is 0. The van der Waals surface area contributed by atoms with Crippen LogP contribution in [0.15, 0.2) is 36.4 Å². The van der Waals surface area contributed by atoms with Gasteiger partial charge >= 0.3 is 11.9 Å². The highest BCUT2D eigenvalue weighted by molar-refractivity contribution is 9.10. The number of aromatic hydroxyl groups is 1. The molecular weight excluding hydrogens is 606 g/mol. The quantitative estimate of drug-likeness (QED) is 0.255. The third kappa shape index (κ3) is 13.5. The van der Waals surface area contributed by atoms with E-state index >= 15 is 0 Å². The number of hydrogen-bond donors (Lipinski definition) is 1. The van der Waals surface area contributed by atoms with Crippen LogP contribution in [0.2, 0.25) is 20.1 Å². The minimum absolute atomic E-state index is 0.0565. The summed E-state index contributed by atoms with van der Waals surface area (Å²) in [5.74, 6) is -0.203. The average Bonchev–Trinajstić information content (AvgIpc) is 2.74. The first-order valence-corrected chi connectivity index (χ1v) is 12.7. The maximum absolute atomic E-state index is 11.6. The highest BCUT2D eigenvalue weighted by Crippen LogP contribution is 2.30. The Morgan fingerprint density at radius 2 is 1.29 bits per heavy atom. The summed E-state index contributed by atoms with van der Waals surface area (Å²) < 4.78 is 14.6. The average molecular weight is 635 g/mol. The van der Waals surface area contributed by atoms with Crippen molar-refractivity contribution in [1.29, 1.82) is 0 Å². The van der Waals surface area contributed by atoms with E-state index in [1.54, 1.807) is 65.8 Å². The van der Waals surface area contributed by atoms with Gasteiger partial charge in [0.25, 0.3) is 0 Å². The SMILES string of the molecule is CCOC(=O)C(C)(C)Br.CCOC(=O)C(C)(C)Oc1ccc(Cl)cc1Cl.Oc1ccc(Cl)cc1Cl. The van der Waals surface area contributed by atoms with Crippen LogP contribution in [0, 0.1) is 0 Å². The van der Waals surface area contributed by atoms with Crippen molar-refractivity contribution < 1.29 is 28.9 Å². The highest BCUT2D eigenvalue weighted by Gasteiger charge is 2.32. The highest BCUT2D eigenvalue weighted by atomic mass is 79.9. The number of carbonyl (C=O) groups is 2. The van der Waals surface area contributed by atoms with Crippen LogP contribution in [0.5, 0.6) is 11.5 Å². The largest absolute Gasteiger partial charge is 0.506 e. The van der Waals surface area contributed by atoms with E-state index < -0.39 is 15.9 Å². The van der Waals surface area contributed by atoms with Crippen molar-refractivity contribution in [3.05, 3.63) is 56.5 Å². The van der Waals surface area contributed by atoms with Crippen molar-refractivity contribution in [3.8, 4) is 11.5 Å². The van der Waals surface area contributed by atoms with E-state index in [0.29, 0.717) is 34.0 Å². The van der Waals surface area contributed by atoms with Crippen LogP contribution < -0.4 is 4.74 Å². The van der Waals surface area contributed by atoms with Gasteiger partial charge in [-0.1, -0.05) is 62.3 Å². The molecule has 0 atom stereocenters. The number of esters is 2. The normalized spacial score (nSPS) is 10.7. The maximum Gasteiger partial charge on any atom is 0.349 e. The second-order valence-corrected chi connectivity index (χ2v) is 11.4. The summed E-state index contributed by atoms with van der Waals surface area (Å²) in [7, 11) is 0. The standard InChI is InChI=1S/C12H14Cl2O3.C6H11BrO2.C6H4Cl2O/c1-4-16-11(15)12(2,3)17-10-6-5-8(13)7-9(10)14;1-4-9-5(8)6(2,3)7;7-4-1-2-6(9)5(8)3-4/h5-7H,4H2,1-3H3;4H2,1-3H3;1-3,9H. The summed E-state index contributed by atoms with van der Waals surface area (Å²) in [5, 5.41) is 10.5. The molecule has 0 unspecified atom stereocenters. The van der Waals surface area contributed by atoms with Crippen molar-refractivity contribution in [1.82, 2.24) is 0 Å². The Labute approximate surface area is 234 Å². The minimum atomic E-state index is -1.09. The number of phenols is 1. The number of benzene rings is 2. The molecule has 0 bridgehead atoms. The molecule has 0 aromatic heterocycles. The first-order chi connectivity index (χ1) is 16.0. The molecule has 0 amide bonds. The molecule has 1 N–H and O–H groups in total. The number of rotatable bonds is 6.